The van der Waals surface area contributed by atoms with Crippen molar-refractivity contribution in [1.82, 2.24) is 0 Å². The molecule has 0 aromatic heterocycles. The molecule has 1 atom stereocenters. The molecular weight excluding hydrogens is 377 g/mol. The van der Waals surface area contributed by atoms with E-state index in [0.29, 0.717) is 11.3 Å². The Hall–Kier alpha value is -2.14. The molecule has 2 rings (SSSR count). The van der Waals surface area contributed by atoms with Crippen molar-refractivity contribution in [1.29, 1.82) is 0 Å². The Morgan fingerprint density at radius 1 is 0.893 bits per heavy atom. The van der Waals surface area contributed by atoms with Gasteiger partial charge in [-0.25, -0.2) is 4.79 Å². The van der Waals surface area contributed by atoms with Crippen LogP contribution >= 0.6 is 7.60 Å². The fourth-order valence-corrected chi connectivity index (χ4v) is 5.01. The van der Waals surface area contributed by atoms with Crippen molar-refractivity contribution in [3.8, 4) is 0 Å². The second-order valence-corrected chi connectivity index (χ2v) is 8.89. The molecular formula is C21H28NO5P. The number of rotatable bonds is 9. The summed E-state index contributed by atoms with van der Waals surface area (Å²) in [4.78, 5) is 11.6. The van der Waals surface area contributed by atoms with E-state index < -0.39 is 19.3 Å². The smallest absolute Gasteiger partial charge is 0.357 e. The molecule has 0 aliphatic rings. The lowest BCUT2D eigenvalue weighted by Gasteiger charge is -2.31. The van der Waals surface area contributed by atoms with Gasteiger partial charge >= 0.3 is 13.6 Å². The number of carbonyl (C=O) groups excluding carboxylic acids is 1. The maximum atomic E-state index is 13.8. The van der Waals surface area contributed by atoms with Crippen LogP contribution in [-0.2, 0) is 18.3 Å². The third-order valence-corrected chi connectivity index (χ3v) is 6.25. The first-order chi connectivity index (χ1) is 13.2. The third-order valence-electron chi connectivity index (χ3n) is 3.76. The van der Waals surface area contributed by atoms with Crippen LogP contribution in [0.2, 0.25) is 0 Å². The molecule has 2 aromatic carbocycles. The molecule has 0 amide bonds. The first-order valence-electron chi connectivity index (χ1n) is 9.21. The quantitative estimate of drug-likeness (QED) is 0.431. The summed E-state index contributed by atoms with van der Waals surface area (Å²) in [5.41, 5.74) is 1.90. The maximum Gasteiger partial charge on any atom is 0.357 e. The zero-order valence-corrected chi connectivity index (χ0v) is 17.8. The second kappa shape index (κ2) is 9.87. The van der Waals surface area contributed by atoms with Crippen LogP contribution < -0.4 is 5.32 Å². The number of benzene rings is 2. The van der Waals surface area contributed by atoms with Gasteiger partial charge in [0.05, 0.1) is 24.9 Å². The molecule has 0 radical (unpaired) electrons. The summed E-state index contributed by atoms with van der Waals surface area (Å²) in [5.74, 6) is -1.12. The van der Waals surface area contributed by atoms with Crippen LogP contribution in [0.5, 0.6) is 0 Å². The minimum atomic E-state index is -3.57. The molecule has 6 nitrogen and oxygen atoms in total. The van der Waals surface area contributed by atoms with E-state index in [-0.39, 0.29) is 12.2 Å². The molecule has 0 heterocycles. The lowest BCUT2D eigenvalue weighted by atomic mass is 10.2. The van der Waals surface area contributed by atoms with E-state index in [4.69, 9.17) is 13.8 Å². The minimum absolute atomic E-state index is 0.278. The normalized spacial score (nSPS) is 12.8. The van der Waals surface area contributed by atoms with Gasteiger partial charge in [0.1, 0.15) is 0 Å². The highest BCUT2D eigenvalue weighted by Crippen LogP contribution is 2.62. The molecule has 1 N–H and O–H groups in total. The fraction of sp³-hybridized carbons (Fsp3) is 0.381. The number of carbonyl (C=O) groups is 1. The van der Waals surface area contributed by atoms with Crippen molar-refractivity contribution in [2.24, 2.45) is 0 Å². The molecule has 0 aliphatic heterocycles. The predicted octanol–water partition coefficient (Wildman–Crippen LogP) is 5.63. The van der Waals surface area contributed by atoms with Gasteiger partial charge in [0.15, 0.2) is 5.78 Å². The Balaban J connectivity index is 2.41. The maximum absolute atomic E-state index is 13.8. The third kappa shape index (κ3) is 5.93. The van der Waals surface area contributed by atoms with Crippen molar-refractivity contribution in [2.75, 3.05) is 12.4 Å². The summed E-state index contributed by atoms with van der Waals surface area (Å²) < 4.78 is 30.1. The van der Waals surface area contributed by atoms with Gasteiger partial charge < -0.3 is 19.1 Å². The molecule has 28 heavy (non-hydrogen) atoms. The topological polar surface area (TPSA) is 73.9 Å². The highest BCUT2D eigenvalue weighted by atomic mass is 31.2. The van der Waals surface area contributed by atoms with Crippen molar-refractivity contribution in [2.45, 2.75) is 45.7 Å². The molecule has 0 saturated heterocycles. The van der Waals surface area contributed by atoms with Crippen LogP contribution in [0.1, 0.15) is 49.4 Å². The molecule has 0 spiro atoms. The van der Waals surface area contributed by atoms with Crippen LogP contribution in [0.4, 0.5) is 5.69 Å². The van der Waals surface area contributed by atoms with Gasteiger partial charge in [-0.2, -0.15) is 0 Å². The van der Waals surface area contributed by atoms with E-state index in [9.17, 15) is 9.36 Å². The number of methoxy groups -OCH3 is 1. The molecule has 0 fully saturated rings. The van der Waals surface area contributed by atoms with Gasteiger partial charge in [0, 0.05) is 5.69 Å². The lowest BCUT2D eigenvalue weighted by Crippen LogP contribution is -2.19. The van der Waals surface area contributed by atoms with Crippen LogP contribution in [0.3, 0.4) is 0 Å². The summed E-state index contributed by atoms with van der Waals surface area (Å²) in [6.45, 7) is 7.29. The van der Waals surface area contributed by atoms with E-state index >= 15 is 0 Å². The molecule has 0 bridgehead atoms. The Labute approximate surface area is 166 Å². The first-order valence-corrected chi connectivity index (χ1v) is 10.8. The Bertz CT molecular complexity index is 791. The van der Waals surface area contributed by atoms with Gasteiger partial charge in [-0.05, 0) is 57.5 Å². The van der Waals surface area contributed by atoms with Crippen molar-refractivity contribution in [3.05, 3.63) is 65.7 Å². The zero-order valence-electron chi connectivity index (χ0n) is 16.9. The summed E-state index contributed by atoms with van der Waals surface area (Å²) >= 11 is 0. The highest BCUT2D eigenvalue weighted by molar-refractivity contribution is 7.54. The van der Waals surface area contributed by atoms with E-state index in [1.165, 1.54) is 7.11 Å². The van der Waals surface area contributed by atoms with Gasteiger partial charge in [0.2, 0.25) is 0 Å². The number of anilines is 1. The molecule has 0 saturated carbocycles. The Morgan fingerprint density at radius 2 is 1.43 bits per heavy atom. The first kappa shape index (κ1) is 22.2. The number of esters is 1. The summed E-state index contributed by atoms with van der Waals surface area (Å²) in [7, 11) is -2.23. The van der Waals surface area contributed by atoms with E-state index in [0.717, 1.165) is 5.56 Å². The zero-order chi connectivity index (χ0) is 20.7. The molecule has 7 heteroatoms. The van der Waals surface area contributed by atoms with E-state index in [1.807, 2.05) is 58.0 Å². The van der Waals surface area contributed by atoms with E-state index in [1.54, 1.807) is 24.3 Å². The van der Waals surface area contributed by atoms with Crippen LogP contribution in [-0.4, -0.2) is 25.3 Å². The highest BCUT2D eigenvalue weighted by Gasteiger charge is 2.39. The van der Waals surface area contributed by atoms with Gasteiger partial charge in [-0.3, -0.25) is 4.57 Å². The Kier molecular flexibility index (Phi) is 7.81. The lowest BCUT2D eigenvalue weighted by molar-refractivity contribution is 0.0600. The number of hydrogen-bond acceptors (Lipinski definition) is 6. The van der Waals surface area contributed by atoms with Crippen LogP contribution in [0.25, 0.3) is 0 Å². The Morgan fingerprint density at radius 3 is 1.89 bits per heavy atom. The molecule has 0 aliphatic carbocycles. The van der Waals surface area contributed by atoms with Crippen molar-refractivity contribution >= 4 is 19.3 Å². The molecule has 2 aromatic rings. The van der Waals surface area contributed by atoms with Gasteiger partial charge in [0.25, 0.3) is 0 Å². The number of ether oxygens (including phenoxy) is 1. The number of nitrogens with one attached hydrogen (secondary N) is 1. The van der Waals surface area contributed by atoms with Crippen molar-refractivity contribution < 1.29 is 23.1 Å². The average Bonchev–Trinajstić information content (AvgIpc) is 2.65. The van der Waals surface area contributed by atoms with Gasteiger partial charge in [-0.1, -0.05) is 30.3 Å². The standard InChI is InChI=1S/C21H28NO5P/c1-15(2)26-28(24,27-16(3)4)20(17-9-7-6-8-10-17)22-19-13-11-18(12-14-19)21(23)25-5/h6-16,20,22H,1-5H3. The summed E-state index contributed by atoms with van der Waals surface area (Å²) in [6, 6.07) is 16.2. The van der Waals surface area contributed by atoms with Crippen molar-refractivity contribution in [3.63, 3.8) is 0 Å². The molecule has 152 valence electrons. The van der Waals surface area contributed by atoms with Crippen LogP contribution in [0.15, 0.2) is 54.6 Å². The summed E-state index contributed by atoms with van der Waals surface area (Å²) in [5, 5.41) is 3.27. The predicted molar refractivity (Wildman–Crippen MR) is 111 cm³/mol. The second-order valence-electron chi connectivity index (χ2n) is 6.87. The number of hydrogen-bond donors (Lipinski definition) is 1. The monoisotopic (exact) mass is 405 g/mol. The fourth-order valence-electron chi connectivity index (χ4n) is 2.69. The average molecular weight is 405 g/mol. The molecule has 1 unspecified atom stereocenters. The van der Waals surface area contributed by atoms with E-state index in [2.05, 4.69) is 5.32 Å². The SMILES string of the molecule is COC(=O)c1ccc(NC(c2ccccc2)P(=O)(OC(C)C)OC(C)C)cc1. The van der Waals surface area contributed by atoms with Crippen LogP contribution in [0, 0.1) is 0 Å². The van der Waals surface area contributed by atoms with Gasteiger partial charge in [-0.15, -0.1) is 0 Å². The largest absolute Gasteiger partial charge is 0.465 e. The minimum Gasteiger partial charge on any atom is -0.465 e. The summed E-state index contributed by atoms with van der Waals surface area (Å²) in [6.07, 6.45) is -0.557.